The third kappa shape index (κ3) is 3.51. The molecule has 108 valence electrons. The van der Waals surface area contributed by atoms with Crippen LogP contribution in [0.2, 0.25) is 10.0 Å². The molecule has 2 rings (SSSR count). The van der Waals surface area contributed by atoms with Gasteiger partial charge in [0.1, 0.15) is 5.82 Å². The van der Waals surface area contributed by atoms with Crippen molar-refractivity contribution in [2.45, 2.75) is 0 Å². The molecule has 0 unspecified atom stereocenters. The van der Waals surface area contributed by atoms with E-state index >= 15 is 0 Å². The van der Waals surface area contributed by atoms with Gasteiger partial charge in [-0.25, -0.2) is 9.18 Å². The highest BCUT2D eigenvalue weighted by Gasteiger charge is 2.16. The van der Waals surface area contributed by atoms with Crippen LogP contribution in [0.15, 0.2) is 36.4 Å². The minimum absolute atomic E-state index is 0.0600. The average Bonchev–Trinajstić information content (AvgIpc) is 2.41. The van der Waals surface area contributed by atoms with Crippen molar-refractivity contribution in [3.05, 3.63) is 63.4 Å². The van der Waals surface area contributed by atoms with Gasteiger partial charge in [0.05, 0.1) is 21.8 Å². The van der Waals surface area contributed by atoms with Crippen LogP contribution >= 0.6 is 23.2 Å². The van der Waals surface area contributed by atoms with Crippen molar-refractivity contribution >= 4 is 40.8 Å². The van der Waals surface area contributed by atoms with Gasteiger partial charge < -0.3 is 10.4 Å². The molecule has 0 radical (unpaired) electrons. The number of nitrogens with one attached hydrogen (secondary N) is 1. The predicted octanol–water partition coefficient (Wildman–Crippen LogP) is 4.08. The first-order valence-electron chi connectivity index (χ1n) is 5.67. The van der Waals surface area contributed by atoms with Crippen LogP contribution in [0.4, 0.5) is 10.1 Å². The molecule has 21 heavy (non-hydrogen) atoms. The van der Waals surface area contributed by atoms with Crippen LogP contribution < -0.4 is 5.32 Å². The molecule has 0 heterocycles. The Morgan fingerprint density at radius 2 is 1.76 bits per heavy atom. The van der Waals surface area contributed by atoms with Crippen LogP contribution in [-0.2, 0) is 0 Å². The molecule has 0 aromatic heterocycles. The van der Waals surface area contributed by atoms with Crippen molar-refractivity contribution in [2.75, 3.05) is 5.32 Å². The molecule has 1 amide bonds. The van der Waals surface area contributed by atoms with Gasteiger partial charge in [0, 0.05) is 5.02 Å². The summed E-state index contributed by atoms with van der Waals surface area (Å²) in [6.07, 6.45) is 0. The zero-order chi connectivity index (χ0) is 15.6. The minimum atomic E-state index is -1.29. The first-order valence-corrected chi connectivity index (χ1v) is 6.43. The minimum Gasteiger partial charge on any atom is -0.478 e. The Labute approximate surface area is 129 Å². The Morgan fingerprint density at radius 1 is 1.05 bits per heavy atom. The molecule has 4 nitrogen and oxygen atoms in total. The fourth-order valence-electron chi connectivity index (χ4n) is 1.67. The summed E-state index contributed by atoms with van der Waals surface area (Å²) in [5, 5.41) is 11.8. The van der Waals surface area contributed by atoms with Crippen molar-refractivity contribution in [1.29, 1.82) is 0 Å². The Balaban J connectivity index is 2.38. The maximum absolute atomic E-state index is 13.2. The molecule has 0 saturated heterocycles. The molecule has 2 aromatic rings. The Bertz CT molecular complexity index is 734. The number of hydrogen-bond donors (Lipinski definition) is 2. The van der Waals surface area contributed by atoms with Gasteiger partial charge in [-0.05, 0) is 36.4 Å². The van der Waals surface area contributed by atoms with Crippen molar-refractivity contribution in [3.63, 3.8) is 0 Å². The fourth-order valence-corrected chi connectivity index (χ4v) is 2.04. The maximum atomic E-state index is 13.2. The van der Waals surface area contributed by atoms with E-state index < -0.39 is 17.7 Å². The molecule has 2 N–H and O–H groups in total. The average molecular weight is 328 g/mol. The van der Waals surface area contributed by atoms with E-state index in [0.717, 1.165) is 18.2 Å². The number of rotatable bonds is 3. The van der Waals surface area contributed by atoms with Gasteiger partial charge in [-0.15, -0.1) is 0 Å². The normalized spacial score (nSPS) is 10.2. The second-order valence-electron chi connectivity index (χ2n) is 4.07. The number of carboxylic acid groups (broad SMARTS) is 1. The van der Waals surface area contributed by atoms with E-state index in [4.69, 9.17) is 28.3 Å². The molecule has 2 aromatic carbocycles. The summed E-state index contributed by atoms with van der Waals surface area (Å²) >= 11 is 11.7. The monoisotopic (exact) mass is 327 g/mol. The lowest BCUT2D eigenvalue weighted by Crippen LogP contribution is -2.15. The van der Waals surface area contributed by atoms with Crippen molar-refractivity contribution < 1.29 is 19.1 Å². The SMILES string of the molecule is O=C(Nc1cc(F)ccc1C(=O)O)c1cc(Cl)ccc1Cl. The van der Waals surface area contributed by atoms with E-state index in [2.05, 4.69) is 5.32 Å². The number of halogens is 3. The number of carbonyl (C=O) groups excluding carboxylic acids is 1. The zero-order valence-electron chi connectivity index (χ0n) is 10.4. The molecule has 0 fully saturated rings. The molecule has 0 spiro atoms. The second-order valence-corrected chi connectivity index (χ2v) is 4.92. The van der Waals surface area contributed by atoms with E-state index in [1.165, 1.54) is 18.2 Å². The lowest BCUT2D eigenvalue weighted by atomic mass is 10.1. The summed E-state index contributed by atoms with van der Waals surface area (Å²) in [6, 6.07) is 7.24. The first kappa shape index (κ1) is 15.3. The molecular weight excluding hydrogens is 320 g/mol. The lowest BCUT2D eigenvalue weighted by molar-refractivity contribution is 0.0698. The molecule has 0 aliphatic heterocycles. The first-order chi connectivity index (χ1) is 9.88. The largest absolute Gasteiger partial charge is 0.478 e. The number of carboxylic acids is 1. The molecule has 0 bridgehead atoms. The van der Waals surface area contributed by atoms with Crippen LogP contribution in [0.25, 0.3) is 0 Å². The van der Waals surface area contributed by atoms with E-state index in [1.54, 1.807) is 0 Å². The predicted molar refractivity (Wildman–Crippen MR) is 77.8 cm³/mol. The van der Waals surface area contributed by atoms with E-state index in [0.29, 0.717) is 5.02 Å². The Morgan fingerprint density at radius 3 is 2.43 bits per heavy atom. The second kappa shape index (κ2) is 6.11. The molecular formula is C14H8Cl2FNO3. The van der Waals surface area contributed by atoms with E-state index in [1.807, 2.05) is 0 Å². The van der Waals surface area contributed by atoms with Crippen LogP contribution in [0.3, 0.4) is 0 Å². The zero-order valence-corrected chi connectivity index (χ0v) is 11.9. The Hall–Kier alpha value is -2.11. The van der Waals surface area contributed by atoms with Crippen molar-refractivity contribution in [1.82, 2.24) is 0 Å². The van der Waals surface area contributed by atoms with Gasteiger partial charge in [0.25, 0.3) is 5.91 Å². The number of aromatic carboxylic acids is 1. The fraction of sp³-hybridized carbons (Fsp3) is 0. The number of hydrogen-bond acceptors (Lipinski definition) is 2. The lowest BCUT2D eigenvalue weighted by Gasteiger charge is -2.10. The number of benzene rings is 2. The number of carbonyl (C=O) groups is 2. The van der Waals surface area contributed by atoms with Crippen LogP contribution in [0, 0.1) is 5.82 Å². The van der Waals surface area contributed by atoms with Crippen molar-refractivity contribution in [3.8, 4) is 0 Å². The molecule has 0 saturated carbocycles. The van der Waals surface area contributed by atoms with Crippen LogP contribution in [-0.4, -0.2) is 17.0 Å². The van der Waals surface area contributed by atoms with Gasteiger partial charge in [0.2, 0.25) is 0 Å². The van der Waals surface area contributed by atoms with Crippen LogP contribution in [0.1, 0.15) is 20.7 Å². The van der Waals surface area contributed by atoms with Gasteiger partial charge >= 0.3 is 5.97 Å². The number of anilines is 1. The highest BCUT2D eigenvalue weighted by atomic mass is 35.5. The summed E-state index contributed by atoms with van der Waals surface area (Å²) < 4.78 is 13.2. The van der Waals surface area contributed by atoms with E-state index in [-0.39, 0.29) is 21.8 Å². The number of amides is 1. The Kier molecular flexibility index (Phi) is 4.45. The quantitative estimate of drug-likeness (QED) is 0.892. The molecule has 0 atom stereocenters. The molecule has 7 heteroatoms. The molecule has 0 aliphatic rings. The van der Waals surface area contributed by atoms with Gasteiger partial charge in [0.15, 0.2) is 0 Å². The standard InChI is InChI=1S/C14H8Cl2FNO3/c15-7-1-4-11(16)10(5-7)13(19)18-12-6-8(17)2-3-9(12)14(20)21/h1-6H,(H,18,19)(H,20,21). The van der Waals surface area contributed by atoms with Gasteiger partial charge in [-0.3, -0.25) is 4.79 Å². The van der Waals surface area contributed by atoms with Crippen LogP contribution in [0.5, 0.6) is 0 Å². The highest BCUT2D eigenvalue weighted by Crippen LogP contribution is 2.23. The van der Waals surface area contributed by atoms with Gasteiger partial charge in [-0.2, -0.15) is 0 Å². The third-order valence-electron chi connectivity index (χ3n) is 2.63. The van der Waals surface area contributed by atoms with E-state index in [9.17, 15) is 14.0 Å². The summed E-state index contributed by atoms with van der Waals surface area (Å²) in [7, 11) is 0. The highest BCUT2D eigenvalue weighted by molar-refractivity contribution is 6.36. The topological polar surface area (TPSA) is 66.4 Å². The summed E-state index contributed by atoms with van der Waals surface area (Å²) in [4.78, 5) is 23.2. The van der Waals surface area contributed by atoms with Gasteiger partial charge in [-0.1, -0.05) is 23.2 Å². The molecule has 0 aliphatic carbocycles. The summed E-state index contributed by atoms with van der Waals surface area (Å²) in [6.45, 7) is 0. The smallest absolute Gasteiger partial charge is 0.337 e. The third-order valence-corrected chi connectivity index (χ3v) is 3.20. The summed E-state index contributed by atoms with van der Waals surface area (Å²) in [5.74, 6) is -2.65. The summed E-state index contributed by atoms with van der Waals surface area (Å²) in [5.41, 5.74) is -0.337. The maximum Gasteiger partial charge on any atom is 0.337 e. The van der Waals surface area contributed by atoms with Crippen molar-refractivity contribution in [2.24, 2.45) is 0 Å².